The lowest BCUT2D eigenvalue weighted by molar-refractivity contribution is -0.138. The number of halogens is 4. The quantitative estimate of drug-likeness (QED) is 0.110. The van der Waals surface area contributed by atoms with Crippen LogP contribution in [0.5, 0.6) is 5.75 Å². The number of likely N-dealkylation sites (tertiary alicyclic amines) is 1. The molecule has 3 aliphatic heterocycles. The fourth-order valence-electron chi connectivity index (χ4n) is 8.94. The highest BCUT2D eigenvalue weighted by Gasteiger charge is 2.60. The van der Waals surface area contributed by atoms with Crippen molar-refractivity contribution in [1.82, 2.24) is 15.2 Å². The van der Waals surface area contributed by atoms with Crippen LogP contribution < -0.4 is 30.5 Å². The third-order valence-electron chi connectivity index (χ3n) is 12.3. The molecule has 0 radical (unpaired) electrons. The number of hydrogen-bond acceptors (Lipinski definition) is 11. The van der Waals surface area contributed by atoms with Crippen LogP contribution in [0.2, 0.25) is 0 Å². The van der Waals surface area contributed by atoms with Gasteiger partial charge >= 0.3 is 6.18 Å². The van der Waals surface area contributed by atoms with Crippen LogP contribution in [-0.2, 0) is 31.8 Å². The summed E-state index contributed by atoms with van der Waals surface area (Å²) in [5.41, 5.74) is -1.24. The summed E-state index contributed by atoms with van der Waals surface area (Å²) in [6.07, 6.45) is 2.01. The summed E-state index contributed by atoms with van der Waals surface area (Å²) in [5.74, 6) is -0.0450. The SMILES string of the molecule is CCc1cc(N2C(S)N(c3cnc(C#N)c(C(F)(F)F)c3)C(=O)C23CCC3)ccc1OCCC1CCN(CC(=O)Nc2cccc(NC3CCC(=O)NC3=O)c2)C(C)(C)C1.Cl. The summed E-state index contributed by atoms with van der Waals surface area (Å²) in [4.78, 5) is 60.0. The molecule has 61 heavy (non-hydrogen) atoms. The molecule has 1 saturated carbocycles. The summed E-state index contributed by atoms with van der Waals surface area (Å²) < 4.78 is 47.9. The van der Waals surface area contributed by atoms with Gasteiger partial charge in [-0.1, -0.05) is 13.0 Å². The zero-order chi connectivity index (χ0) is 43.0. The van der Waals surface area contributed by atoms with Gasteiger partial charge in [0.15, 0.2) is 11.2 Å². The Morgan fingerprint density at radius 3 is 2.49 bits per heavy atom. The monoisotopic (exact) mass is 882 g/mol. The van der Waals surface area contributed by atoms with Crippen LogP contribution in [0.25, 0.3) is 0 Å². The molecule has 4 fully saturated rings. The number of amides is 4. The first-order valence-electron chi connectivity index (χ1n) is 20.3. The maximum absolute atomic E-state index is 14.0. The molecule has 3 N–H and O–H groups in total. The van der Waals surface area contributed by atoms with E-state index >= 15 is 0 Å². The van der Waals surface area contributed by atoms with E-state index in [0.717, 1.165) is 55.8 Å². The number of anilines is 4. The number of benzene rings is 2. The standard InChI is InChI=1S/C43H49F3N8O5S.ClH/c1-4-27-19-30(54-40(60)53(39(58)42(54)15-6-16-42)31-21-32(43(44,45)46)34(23-47)48-24-31)9-11-35(27)59-18-14-26-13-17-52(41(2,3)22-26)25-37(56)50-29-8-5-7-28(20-29)49-33-10-12-36(55)51-38(33)57;/h5,7-9,11,19-21,24,26,33,40,49,60H,4,6,10,12-18,22,25H2,1-3H3,(H,50,56)(H,51,55,57);1H. The molecule has 13 nitrogen and oxygen atoms in total. The summed E-state index contributed by atoms with van der Waals surface area (Å²) in [6, 6.07) is 14.6. The van der Waals surface area contributed by atoms with E-state index in [9.17, 15) is 37.6 Å². The van der Waals surface area contributed by atoms with Crippen molar-refractivity contribution in [1.29, 1.82) is 5.26 Å². The highest BCUT2D eigenvalue weighted by atomic mass is 35.5. The van der Waals surface area contributed by atoms with Gasteiger partial charge in [-0.25, -0.2) is 4.98 Å². The minimum atomic E-state index is -4.83. The maximum atomic E-state index is 14.0. The normalized spacial score (nSPS) is 22.2. The van der Waals surface area contributed by atoms with Crippen LogP contribution in [0, 0.1) is 17.2 Å². The number of aromatic nitrogens is 1. The number of piperidine rings is 2. The van der Waals surface area contributed by atoms with Crippen molar-refractivity contribution in [3.63, 3.8) is 0 Å². The fraction of sp³-hybridized carbons (Fsp3) is 0.488. The zero-order valence-electron chi connectivity index (χ0n) is 34.2. The molecule has 18 heteroatoms. The van der Waals surface area contributed by atoms with Crippen LogP contribution >= 0.6 is 25.0 Å². The number of nitriles is 1. The van der Waals surface area contributed by atoms with E-state index in [2.05, 4.69) is 39.7 Å². The highest BCUT2D eigenvalue weighted by Crippen LogP contribution is 2.51. The van der Waals surface area contributed by atoms with Gasteiger partial charge in [0.2, 0.25) is 17.7 Å². The Kier molecular flexibility index (Phi) is 13.5. The predicted molar refractivity (Wildman–Crippen MR) is 230 cm³/mol. The van der Waals surface area contributed by atoms with Gasteiger partial charge in [0.1, 0.15) is 23.4 Å². The van der Waals surface area contributed by atoms with E-state index in [0.29, 0.717) is 55.3 Å². The second kappa shape index (κ2) is 18.1. The van der Waals surface area contributed by atoms with Gasteiger partial charge in [0, 0.05) is 29.0 Å². The molecule has 1 aliphatic carbocycles. The number of alkyl halides is 3. The Labute approximate surface area is 364 Å². The van der Waals surface area contributed by atoms with E-state index in [4.69, 9.17) is 17.4 Å². The van der Waals surface area contributed by atoms with Crippen molar-refractivity contribution in [2.75, 3.05) is 40.1 Å². The molecule has 7 rings (SSSR count). The van der Waals surface area contributed by atoms with Crippen molar-refractivity contribution in [3.8, 4) is 11.8 Å². The number of rotatable bonds is 12. The third-order valence-corrected chi connectivity index (χ3v) is 12.7. The van der Waals surface area contributed by atoms with Gasteiger partial charge in [0.05, 0.1) is 30.6 Å². The number of nitrogens with one attached hydrogen (secondary N) is 3. The number of nitrogens with zero attached hydrogens (tertiary/aromatic N) is 5. The molecule has 3 atom stereocenters. The van der Waals surface area contributed by atoms with Crippen LogP contribution in [0.1, 0.15) is 89.0 Å². The number of thiol groups is 1. The Morgan fingerprint density at radius 2 is 1.84 bits per heavy atom. The van der Waals surface area contributed by atoms with E-state index in [1.165, 1.54) is 11.0 Å². The molecule has 4 heterocycles. The fourth-order valence-corrected chi connectivity index (χ4v) is 9.53. The first-order chi connectivity index (χ1) is 28.5. The minimum absolute atomic E-state index is 0. The lowest BCUT2D eigenvalue weighted by atomic mass is 9.75. The molecule has 1 aromatic heterocycles. The number of hydrogen-bond donors (Lipinski definition) is 4. The largest absolute Gasteiger partial charge is 0.493 e. The van der Waals surface area contributed by atoms with Crippen LogP contribution in [-0.4, -0.2) is 75.8 Å². The number of carbonyl (C=O) groups is 4. The Hall–Kier alpha value is -5.05. The average molecular weight is 883 g/mol. The molecular weight excluding hydrogens is 833 g/mol. The van der Waals surface area contributed by atoms with Crippen LogP contribution in [0.4, 0.5) is 35.9 Å². The molecule has 0 bridgehead atoms. The highest BCUT2D eigenvalue weighted by molar-refractivity contribution is 7.81. The number of imide groups is 1. The molecule has 3 saturated heterocycles. The van der Waals surface area contributed by atoms with Crippen molar-refractivity contribution in [2.24, 2.45) is 5.92 Å². The molecule has 3 aromatic rings. The second-order valence-electron chi connectivity index (χ2n) is 16.6. The van der Waals surface area contributed by atoms with E-state index in [-0.39, 0.29) is 60.2 Å². The van der Waals surface area contributed by atoms with Crippen molar-refractivity contribution in [2.45, 2.75) is 107 Å². The van der Waals surface area contributed by atoms with Crippen molar-refractivity contribution >= 4 is 71.4 Å². The zero-order valence-corrected chi connectivity index (χ0v) is 35.9. The molecule has 4 amide bonds. The van der Waals surface area contributed by atoms with Crippen LogP contribution in [0.3, 0.4) is 0 Å². The van der Waals surface area contributed by atoms with Gasteiger partial charge in [-0.15, -0.1) is 25.0 Å². The summed E-state index contributed by atoms with van der Waals surface area (Å²) in [7, 11) is 0. The predicted octanol–water partition coefficient (Wildman–Crippen LogP) is 7.06. The van der Waals surface area contributed by atoms with E-state index < -0.39 is 34.5 Å². The van der Waals surface area contributed by atoms with E-state index in [1.54, 1.807) is 18.2 Å². The second-order valence-corrected chi connectivity index (χ2v) is 17.1. The number of ether oxygens (including phenoxy) is 1. The minimum Gasteiger partial charge on any atom is -0.493 e. The molecule has 1 spiro atoms. The van der Waals surface area contributed by atoms with Crippen molar-refractivity contribution < 1.29 is 37.1 Å². The number of pyridine rings is 1. The lowest BCUT2D eigenvalue weighted by Crippen LogP contribution is -2.55. The van der Waals surface area contributed by atoms with Gasteiger partial charge in [0.25, 0.3) is 5.91 Å². The lowest BCUT2D eigenvalue weighted by Gasteiger charge is -2.45. The first kappa shape index (κ1) is 45.5. The molecule has 326 valence electrons. The topological polar surface area (TPSA) is 160 Å². The van der Waals surface area contributed by atoms with Gasteiger partial charge in [-0.2, -0.15) is 18.4 Å². The summed E-state index contributed by atoms with van der Waals surface area (Å²) in [5, 5.41) is 17.7. The Bertz CT molecular complexity index is 2220. The Morgan fingerprint density at radius 1 is 1.08 bits per heavy atom. The van der Waals surface area contributed by atoms with Crippen LogP contribution in [0.15, 0.2) is 54.7 Å². The van der Waals surface area contributed by atoms with Gasteiger partial charge in [-0.05, 0) is 126 Å². The number of carbonyl (C=O) groups excluding carboxylic acids is 4. The third kappa shape index (κ3) is 9.41. The Balaban J connectivity index is 0.00000622. The average Bonchev–Trinajstić information content (AvgIpc) is 3.42. The first-order valence-corrected chi connectivity index (χ1v) is 20.8. The molecular formula is C43H50ClF3N8O5S. The number of aryl methyl sites for hydroxylation is 1. The molecule has 4 aliphatic rings. The summed E-state index contributed by atoms with van der Waals surface area (Å²) >= 11 is 4.79. The molecule has 3 unspecified atom stereocenters. The molecule has 2 aromatic carbocycles. The maximum Gasteiger partial charge on any atom is 0.419 e. The smallest absolute Gasteiger partial charge is 0.419 e. The van der Waals surface area contributed by atoms with E-state index in [1.807, 2.05) is 36.1 Å². The van der Waals surface area contributed by atoms with Gasteiger partial charge in [-0.3, -0.25) is 34.3 Å². The van der Waals surface area contributed by atoms with Crippen molar-refractivity contribution in [3.05, 3.63) is 71.5 Å². The summed E-state index contributed by atoms with van der Waals surface area (Å²) in [6.45, 7) is 7.75. The van der Waals surface area contributed by atoms with Gasteiger partial charge < -0.3 is 20.3 Å².